The highest BCUT2D eigenvalue weighted by molar-refractivity contribution is 7.13. The van der Waals surface area contributed by atoms with Gasteiger partial charge in [-0.25, -0.2) is 4.98 Å². The van der Waals surface area contributed by atoms with Gasteiger partial charge >= 0.3 is 0 Å². The van der Waals surface area contributed by atoms with Gasteiger partial charge in [-0.15, -0.1) is 11.3 Å². The summed E-state index contributed by atoms with van der Waals surface area (Å²) in [6.07, 6.45) is 8.15. The van der Waals surface area contributed by atoms with Crippen LogP contribution in [0, 0.1) is 0 Å². The zero-order chi connectivity index (χ0) is 14.9. The Labute approximate surface area is 129 Å². The third-order valence-corrected chi connectivity index (χ3v) is 4.11. The van der Waals surface area contributed by atoms with Gasteiger partial charge in [-0.3, -0.25) is 9.78 Å². The normalized spacial score (nSPS) is 10.5. The molecule has 0 atom stereocenters. The second-order valence-corrected chi connectivity index (χ2v) is 5.80. The molecule has 112 valence electrons. The summed E-state index contributed by atoms with van der Waals surface area (Å²) >= 11 is 1.60. The van der Waals surface area contributed by atoms with E-state index in [0.717, 1.165) is 29.2 Å². The lowest BCUT2D eigenvalue weighted by molar-refractivity contribution is -0.121. The molecular weight excluding hydrogens is 282 g/mol. The number of rotatable bonds is 8. The first-order valence-corrected chi connectivity index (χ1v) is 8.29. The number of amides is 1. The topological polar surface area (TPSA) is 54.9 Å². The Bertz CT molecular complexity index is 554. The average molecular weight is 303 g/mol. The number of carbonyl (C=O) groups is 1. The second kappa shape index (κ2) is 8.52. The van der Waals surface area contributed by atoms with Crippen LogP contribution < -0.4 is 5.32 Å². The summed E-state index contributed by atoms with van der Waals surface area (Å²) in [5.41, 5.74) is 2.00. The molecule has 5 heteroatoms. The van der Waals surface area contributed by atoms with E-state index in [1.807, 2.05) is 23.7 Å². The third kappa shape index (κ3) is 5.27. The first kappa shape index (κ1) is 15.6. The molecule has 0 aliphatic rings. The Kier molecular flexibility index (Phi) is 6.34. The van der Waals surface area contributed by atoms with Crippen LogP contribution in [0.25, 0.3) is 10.6 Å². The van der Waals surface area contributed by atoms with Crippen LogP contribution in [0.15, 0.2) is 29.9 Å². The Balaban J connectivity index is 1.77. The molecule has 2 rings (SSSR count). The number of aryl methyl sites for hydroxylation is 1. The lowest BCUT2D eigenvalue weighted by Crippen LogP contribution is -2.24. The highest BCUT2D eigenvalue weighted by Gasteiger charge is 2.07. The first-order valence-electron chi connectivity index (χ1n) is 7.41. The summed E-state index contributed by atoms with van der Waals surface area (Å²) in [6, 6.07) is 3.90. The fourth-order valence-corrected chi connectivity index (χ4v) is 2.82. The van der Waals surface area contributed by atoms with Crippen LogP contribution in [-0.2, 0) is 11.2 Å². The molecule has 0 bridgehead atoms. The van der Waals surface area contributed by atoms with Gasteiger partial charge in [0, 0.05) is 36.3 Å². The van der Waals surface area contributed by atoms with Gasteiger partial charge in [0.15, 0.2) is 0 Å². The summed E-state index contributed by atoms with van der Waals surface area (Å²) in [5, 5.41) is 5.93. The van der Waals surface area contributed by atoms with Crippen molar-refractivity contribution < 1.29 is 4.79 Å². The van der Waals surface area contributed by atoms with Crippen molar-refractivity contribution in [3.05, 3.63) is 35.6 Å². The van der Waals surface area contributed by atoms with E-state index >= 15 is 0 Å². The summed E-state index contributed by atoms with van der Waals surface area (Å²) in [4.78, 5) is 20.4. The fraction of sp³-hybridized carbons (Fsp3) is 0.438. The Morgan fingerprint density at radius 3 is 3.05 bits per heavy atom. The predicted molar refractivity (Wildman–Crippen MR) is 86.2 cm³/mol. The molecular formula is C16H21N3OS. The van der Waals surface area contributed by atoms with E-state index in [1.165, 1.54) is 12.8 Å². The summed E-state index contributed by atoms with van der Waals surface area (Å²) in [7, 11) is 0. The number of nitrogens with zero attached hydrogens (tertiary/aromatic N) is 2. The fourth-order valence-electron chi connectivity index (χ4n) is 1.98. The molecule has 0 aliphatic carbocycles. The predicted octanol–water partition coefficient (Wildman–Crippen LogP) is 3.44. The van der Waals surface area contributed by atoms with E-state index in [9.17, 15) is 4.79 Å². The summed E-state index contributed by atoms with van der Waals surface area (Å²) in [6.45, 7) is 2.94. The monoisotopic (exact) mass is 303 g/mol. The molecule has 2 aromatic rings. The van der Waals surface area contributed by atoms with Crippen molar-refractivity contribution in [3.8, 4) is 10.6 Å². The molecule has 0 unspecified atom stereocenters. The first-order chi connectivity index (χ1) is 10.3. The minimum absolute atomic E-state index is 0.113. The van der Waals surface area contributed by atoms with E-state index in [-0.39, 0.29) is 5.91 Å². The Hall–Kier alpha value is -1.75. The van der Waals surface area contributed by atoms with Crippen molar-refractivity contribution in [3.63, 3.8) is 0 Å². The number of aromatic nitrogens is 2. The van der Waals surface area contributed by atoms with E-state index in [4.69, 9.17) is 0 Å². The van der Waals surface area contributed by atoms with Crippen LogP contribution in [0.4, 0.5) is 0 Å². The van der Waals surface area contributed by atoms with E-state index in [1.54, 1.807) is 17.5 Å². The van der Waals surface area contributed by atoms with Crippen LogP contribution in [0.3, 0.4) is 0 Å². The molecule has 1 N–H and O–H groups in total. The van der Waals surface area contributed by atoms with E-state index < -0.39 is 0 Å². The van der Waals surface area contributed by atoms with Crippen LogP contribution in [0.5, 0.6) is 0 Å². The van der Waals surface area contributed by atoms with E-state index in [2.05, 4.69) is 22.2 Å². The molecule has 0 aliphatic heterocycles. The average Bonchev–Trinajstić information content (AvgIpc) is 2.99. The quantitative estimate of drug-likeness (QED) is 0.760. The molecule has 2 heterocycles. The van der Waals surface area contributed by atoms with Crippen molar-refractivity contribution in [1.82, 2.24) is 15.3 Å². The lowest BCUT2D eigenvalue weighted by Gasteiger charge is -2.03. The zero-order valence-electron chi connectivity index (χ0n) is 12.3. The third-order valence-electron chi connectivity index (χ3n) is 3.17. The number of carbonyl (C=O) groups excluding carboxylic acids is 1. The van der Waals surface area contributed by atoms with Crippen molar-refractivity contribution >= 4 is 17.2 Å². The minimum Gasteiger partial charge on any atom is -0.356 e. The van der Waals surface area contributed by atoms with Gasteiger partial charge in [-0.2, -0.15) is 0 Å². The molecule has 0 fully saturated rings. The molecule has 0 radical (unpaired) electrons. The van der Waals surface area contributed by atoms with Crippen molar-refractivity contribution in [1.29, 1.82) is 0 Å². The van der Waals surface area contributed by atoms with Crippen LogP contribution in [0.2, 0.25) is 0 Å². The maximum atomic E-state index is 11.7. The Morgan fingerprint density at radius 2 is 2.29 bits per heavy atom. The van der Waals surface area contributed by atoms with Gasteiger partial charge in [0.2, 0.25) is 5.91 Å². The molecule has 2 aromatic heterocycles. The second-order valence-electron chi connectivity index (χ2n) is 4.94. The molecule has 0 saturated heterocycles. The maximum Gasteiger partial charge on any atom is 0.220 e. The number of hydrogen-bond acceptors (Lipinski definition) is 4. The van der Waals surface area contributed by atoms with E-state index in [0.29, 0.717) is 12.8 Å². The molecule has 1 amide bonds. The lowest BCUT2D eigenvalue weighted by atomic mass is 10.2. The molecule has 0 spiro atoms. The van der Waals surface area contributed by atoms with Crippen molar-refractivity contribution in [2.75, 3.05) is 6.54 Å². The van der Waals surface area contributed by atoms with Crippen molar-refractivity contribution in [2.45, 2.75) is 39.0 Å². The highest BCUT2D eigenvalue weighted by Crippen LogP contribution is 2.23. The van der Waals surface area contributed by atoms with Gasteiger partial charge in [0.25, 0.3) is 0 Å². The maximum absolute atomic E-state index is 11.7. The van der Waals surface area contributed by atoms with Gasteiger partial charge in [0.05, 0.1) is 5.69 Å². The Morgan fingerprint density at radius 1 is 1.38 bits per heavy atom. The summed E-state index contributed by atoms with van der Waals surface area (Å²) in [5.74, 6) is 0.113. The number of hydrogen-bond donors (Lipinski definition) is 1. The highest BCUT2D eigenvalue weighted by atomic mass is 32.1. The largest absolute Gasteiger partial charge is 0.356 e. The number of thiazole rings is 1. The van der Waals surface area contributed by atoms with Crippen LogP contribution in [0.1, 0.15) is 38.3 Å². The molecule has 4 nitrogen and oxygen atoms in total. The van der Waals surface area contributed by atoms with Crippen molar-refractivity contribution in [2.24, 2.45) is 0 Å². The van der Waals surface area contributed by atoms with Gasteiger partial charge in [-0.1, -0.05) is 19.8 Å². The summed E-state index contributed by atoms with van der Waals surface area (Å²) < 4.78 is 0. The number of nitrogens with one attached hydrogen (secondary N) is 1. The van der Waals surface area contributed by atoms with Crippen LogP contribution >= 0.6 is 11.3 Å². The zero-order valence-corrected chi connectivity index (χ0v) is 13.2. The minimum atomic E-state index is 0.113. The SMILES string of the molecule is CCCCCNC(=O)CCc1csc(-c2cccnc2)n1. The van der Waals surface area contributed by atoms with Crippen LogP contribution in [-0.4, -0.2) is 22.4 Å². The standard InChI is InChI=1S/C16H21N3OS/c1-2-3-4-10-18-15(20)8-7-14-12-21-16(19-14)13-6-5-9-17-11-13/h5-6,9,11-12H,2-4,7-8,10H2,1H3,(H,18,20). The number of unbranched alkanes of at least 4 members (excludes halogenated alkanes) is 2. The van der Waals surface area contributed by atoms with Gasteiger partial charge in [-0.05, 0) is 25.0 Å². The van der Waals surface area contributed by atoms with Gasteiger partial charge < -0.3 is 5.32 Å². The number of pyridine rings is 1. The van der Waals surface area contributed by atoms with Gasteiger partial charge in [0.1, 0.15) is 5.01 Å². The molecule has 0 aromatic carbocycles. The molecule has 0 saturated carbocycles. The molecule has 21 heavy (non-hydrogen) atoms. The smallest absolute Gasteiger partial charge is 0.220 e.